The number of hydrogen-bond donors (Lipinski definition) is 1. The van der Waals surface area contributed by atoms with E-state index in [1.807, 2.05) is 0 Å². The molecule has 4 rings (SSSR count). The normalized spacial score (nSPS) is 27.6. The Balaban J connectivity index is 1.80. The first-order chi connectivity index (χ1) is 17.3. The molecule has 0 radical (unpaired) electrons. The quantitative estimate of drug-likeness (QED) is 0.567. The molecule has 1 aromatic carbocycles. The lowest BCUT2D eigenvalue weighted by Crippen LogP contribution is -2.38. The summed E-state index contributed by atoms with van der Waals surface area (Å²) in [6, 6.07) is 0.393. The summed E-state index contributed by atoms with van der Waals surface area (Å²) >= 11 is 6.78. The van der Waals surface area contributed by atoms with Gasteiger partial charge >= 0.3 is 0 Å². The van der Waals surface area contributed by atoms with Crippen LogP contribution in [0.4, 0.5) is 10.2 Å². The Morgan fingerprint density at radius 2 is 2.32 bits per heavy atom. The fraction of sp³-hybridized carbons (Fsp3) is 0.429. The molecule has 0 amide bonds. The standard InChI is InChI=1S/C21H24ClFN4S/c1-13(2)19-10-16-20(24-12-25-21(16)28-19)26-15-5-7-27(8-6-15)11-14-3-4-18(23)17(22)9-14/h3-4,9-10,12-13,15H,5-8,11H2,1-2H3,(H,24,25,26)/i5D2,6D2,10D,11D,12D,13D,15D/hD. The number of benzene rings is 1. The van der Waals surface area contributed by atoms with E-state index in [1.54, 1.807) is 13.8 Å². The van der Waals surface area contributed by atoms with Gasteiger partial charge in [0.25, 0.3) is 0 Å². The average Bonchev–Trinajstić information content (AvgIpc) is 3.13. The number of aromatic nitrogens is 2. The van der Waals surface area contributed by atoms with E-state index < -0.39 is 62.2 Å². The third kappa shape index (κ3) is 4.29. The van der Waals surface area contributed by atoms with E-state index in [-0.39, 0.29) is 37.0 Å². The first-order valence-electron chi connectivity index (χ1n) is 13.5. The van der Waals surface area contributed by atoms with Gasteiger partial charge in [0.05, 0.1) is 13.2 Å². The average molecular weight is 429 g/mol. The summed E-state index contributed by atoms with van der Waals surface area (Å²) in [5.74, 6) is -2.42. The molecule has 0 aliphatic carbocycles. The number of nitrogens with one attached hydrogen (secondary N) is 1. The third-order valence-corrected chi connectivity index (χ3v) is 5.52. The predicted octanol–water partition coefficient (Wildman–Crippen LogP) is 5.68. The number of hydrogen-bond acceptors (Lipinski definition) is 5. The highest BCUT2D eigenvalue weighted by molar-refractivity contribution is 7.18. The van der Waals surface area contributed by atoms with Crippen LogP contribution >= 0.6 is 22.9 Å². The summed E-state index contributed by atoms with van der Waals surface area (Å²) in [4.78, 5) is 9.37. The molecule has 3 heterocycles. The number of likely N-dealkylation sites (tertiary alicyclic amines) is 1. The van der Waals surface area contributed by atoms with Crippen LogP contribution in [0.5, 0.6) is 0 Å². The Bertz CT molecular complexity index is 1380. The lowest BCUT2D eigenvalue weighted by molar-refractivity contribution is 0.211. The fourth-order valence-corrected chi connectivity index (χ4v) is 3.67. The molecule has 1 N–H and O–H groups in total. The largest absolute Gasteiger partial charge is 0.367 e. The number of fused-ring (bicyclic) bond motifs is 1. The molecule has 4 nitrogen and oxygen atoms in total. The van der Waals surface area contributed by atoms with Gasteiger partial charge in [0.15, 0.2) is 1.41 Å². The number of thiophene rings is 1. The molecule has 7 heteroatoms. The first kappa shape index (κ1) is 10.9. The van der Waals surface area contributed by atoms with Gasteiger partial charge in [-0.25, -0.2) is 14.4 Å². The van der Waals surface area contributed by atoms with E-state index in [1.165, 1.54) is 12.1 Å². The molecule has 1 aliphatic rings. The summed E-state index contributed by atoms with van der Waals surface area (Å²) < 4.78 is 99.7. The van der Waals surface area contributed by atoms with Gasteiger partial charge in [-0.05, 0) is 42.4 Å². The van der Waals surface area contributed by atoms with Gasteiger partial charge in [-0.1, -0.05) is 31.5 Å². The van der Waals surface area contributed by atoms with Crippen LogP contribution in [-0.2, 0) is 6.52 Å². The smallest absolute Gasteiger partial charge is 0.162 e. The van der Waals surface area contributed by atoms with E-state index in [0.717, 1.165) is 22.3 Å². The Hall–Kier alpha value is -1.76. The SMILES string of the molecule is [2H]c1nc(N([2H])C2([2H])C([2H])([2H])CN(C([2H])c3ccc(F)c(Cl)c3)CC2([2H])[2H])c2c([2H])c(C([2H])(C)C)sc2n1. The van der Waals surface area contributed by atoms with Crippen molar-refractivity contribution in [2.24, 2.45) is 0 Å². The molecule has 1 unspecified atom stereocenters. The van der Waals surface area contributed by atoms with Crippen molar-refractivity contribution in [2.75, 3.05) is 18.4 Å². The summed E-state index contributed by atoms with van der Waals surface area (Å²) in [6.45, 7) is 0.477. The third-order valence-electron chi connectivity index (χ3n) is 4.03. The molecule has 1 saturated heterocycles. The van der Waals surface area contributed by atoms with Crippen molar-refractivity contribution in [1.82, 2.24) is 14.9 Å². The maximum absolute atomic E-state index is 13.6. The second-order valence-electron chi connectivity index (χ2n) is 6.41. The van der Waals surface area contributed by atoms with Crippen molar-refractivity contribution in [3.8, 4) is 0 Å². The van der Waals surface area contributed by atoms with Crippen molar-refractivity contribution in [3.05, 3.63) is 51.8 Å². The minimum absolute atomic E-state index is 0.0729. The van der Waals surface area contributed by atoms with Gasteiger partial charge in [-0.15, -0.1) is 11.3 Å². The molecule has 28 heavy (non-hydrogen) atoms. The van der Waals surface area contributed by atoms with Gasteiger partial charge in [-0.3, -0.25) is 4.90 Å². The van der Waals surface area contributed by atoms with Crippen LogP contribution in [0.1, 0.15) is 55.3 Å². The Morgan fingerprint density at radius 1 is 1.54 bits per heavy atom. The lowest BCUT2D eigenvalue weighted by Gasteiger charge is -2.32. The van der Waals surface area contributed by atoms with Crippen LogP contribution in [0.2, 0.25) is 6.43 Å². The van der Waals surface area contributed by atoms with Gasteiger partial charge in [-0.2, -0.15) is 0 Å². The molecule has 1 aliphatic heterocycles. The Kier molecular flexibility index (Phi) is 3.22. The van der Waals surface area contributed by atoms with Gasteiger partial charge in [0, 0.05) is 38.7 Å². The van der Waals surface area contributed by atoms with E-state index in [9.17, 15) is 4.39 Å². The summed E-state index contributed by atoms with van der Waals surface area (Å²) in [5, 5.41) is -0.0617. The zero-order valence-corrected chi connectivity index (χ0v) is 16.7. The predicted molar refractivity (Wildman–Crippen MR) is 115 cm³/mol. The molecule has 0 saturated carbocycles. The Morgan fingerprint density at radius 3 is 3.04 bits per heavy atom. The van der Waals surface area contributed by atoms with Crippen LogP contribution in [0.25, 0.3) is 10.2 Å². The van der Waals surface area contributed by atoms with Crippen molar-refractivity contribution in [1.29, 1.82) is 0 Å². The number of rotatable bonds is 5. The number of anilines is 1. The van der Waals surface area contributed by atoms with E-state index in [4.69, 9.17) is 25.3 Å². The second-order valence-corrected chi connectivity index (χ2v) is 7.81. The monoisotopic (exact) mass is 428 g/mol. The molecule has 0 spiro atoms. The van der Waals surface area contributed by atoms with E-state index in [2.05, 4.69) is 9.97 Å². The van der Waals surface area contributed by atoms with Crippen LogP contribution in [0.3, 0.4) is 0 Å². The molecule has 0 bridgehead atoms. The molecule has 3 aromatic rings. The molecule has 148 valence electrons. The van der Waals surface area contributed by atoms with Crippen molar-refractivity contribution >= 4 is 39.0 Å². The molecule has 2 aromatic heterocycles. The first-order valence-corrected chi connectivity index (χ1v) is 9.70. The highest BCUT2D eigenvalue weighted by Gasteiger charge is 2.21. The van der Waals surface area contributed by atoms with Gasteiger partial charge in [0.2, 0.25) is 0 Å². The molecule has 1 atom stereocenters. The molecular formula is C21H24ClFN4S. The van der Waals surface area contributed by atoms with E-state index in [0.29, 0.717) is 0 Å². The fourth-order valence-electron chi connectivity index (χ4n) is 2.60. The van der Waals surface area contributed by atoms with Crippen LogP contribution in [0.15, 0.2) is 30.5 Å². The minimum Gasteiger partial charge on any atom is -0.367 e. The zero-order valence-electron chi connectivity index (χ0n) is 25.2. The maximum Gasteiger partial charge on any atom is 0.162 e. The van der Waals surface area contributed by atoms with Gasteiger partial charge < -0.3 is 5.31 Å². The highest BCUT2D eigenvalue weighted by atomic mass is 35.5. The van der Waals surface area contributed by atoms with Crippen LogP contribution in [-0.4, -0.2) is 34.0 Å². The number of halogens is 2. The van der Waals surface area contributed by atoms with E-state index >= 15 is 0 Å². The zero-order chi connectivity index (χ0) is 28.6. The van der Waals surface area contributed by atoms with Crippen molar-refractivity contribution in [2.45, 2.75) is 45.0 Å². The van der Waals surface area contributed by atoms with Crippen molar-refractivity contribution < 1.29 is 18.1 Å². The van der Waals surface area contributed by atoms with Gasteiger partial charge in [0.1, 0.15) is 24.1 Å². The van der Waals surface area contributed by atoms with Crippen molar-refractivity contribution in [3.63, 3.8) is 0 Å². The lowest BCUT2D eigenvalue weighted by atomic mass is 10.0. The summed E-state index contributed by atoms with van der Waals surface area (Å²) in [5.41, 5.74) is 0.197. The highest BCUT2D eigenvalue weighted by Crippen LogP contribution is 2.33. The van der Waals surface area contributed by atoms with Crippen LogP contribution in [0, 0.1) is 5.82 Å². The number of nitrogens with zero attached hydrogens (tertiary/aromatic N) is 3. The molecular weight excluding hydrogens is 395 g/mol. The van der Waals surface area contributed by atoms with Crippen LogP contribution < -0.4 is 5.31 Å². The topological polar surface area (TPSA) is 41.1 Å². The summed E-state index contributed by atoms with van der Waals surface area (Å²) in [6.07, 6.45) is -6.13. The summed E-state index contributed by atoms with van der Waals surface area (Å²) in [7, 11) is 0. The minimum atomic E-state index is -2.94. The maximum atomic E-state index is 13.6. The number of piperidine rings is 1. The molecule has 1 fully saturated rings. The Labute approximate surface area is 187 Å². The second kappa shape index (κ2) is 8.31.